The van der Waals surface area contributed by atoms with E-state index >= 15 is 0 Å². The molecule has 0 amide bonds. The Labute approximate surface area is 139 Å². The maximum Gasteiger partial charge on any atom is 0.149 e. The molecule has 0 fully saturated rings. The van der Waals surface area contributed by atoms with Crippen molar-refractivity contribution in [1.29, 1.82) is 0 Å². The van der Waals surface area contributed by atoms with Gasteiger partial charge in [0.15, 0.2) is 0 Å². The highest BCUT2D eigenvalue weighted by Gasteiger charge is 2.42. The van der Waals surface area contributed by atoms with E-state index in [1.165, 1.54) is 0 Å². The molecule has 23 heavy (non-hydrogen) atoms. The molecule has 0 aliphatic heterocycles. The highest BCUT2D eigenvalue weighted by Crippen LogP contribution is 2.32. The van der Waals surface area contributed by atoms with Gasteiger partial charge in [-0.25, -0.2) is 0 Å². The van der Waals surface area contributed by atoms with Crippen LogP contribution in [0.4, 0.5) is 0 Å². The third kappa shape index (κ3) is 4.64. The molecule has 0 aromatic heterocycles. The Balaban J connectivity index is 3.01. The molecule has 0 aliphatic carbocycles. The van der Waals surface area contributed by atoms with E-state index in [1.807, 2.05) is 46.8 Å². The minimum atomic E-state index is -0.589. The van der Waals surface area contributed by atoms with E-state index in [0.717, 1.165) is 5.56 Å². The number of rotatable bonds is 8. The van der Waals surface area contributed by atoms with Crippen LogP contribution in [0.15, 0.2) is 24.3 Å². The SMILES string of the molecule is CCC(=O)C(Cc1ccc(O)cc1)NC(C)(C)C(C)(C)C(C)=O. The van der Waals surface area contributed by atoms with Crippen LogP contribution in [0.3, 0.4) is 0 Å². The zero-order valence-electron chi connectivity index (χ0n) is 15.1. The quantitative estimate of drug-likeness (QED) is 0.772. The van der Waals surface area contributed by atoms with Crippen LogP contribution in [0.1, 0.15) is 53.5 Å². The lowest BCUT2D eigenvalue weighted by atomic mass is 9.71. The van der Waals surface area contributed by atoms with Gasteiger partial charge < -0.3 is 10.4 Å². The van der Waals surface area contributed by atoms with Gasteiger partial charge in [-0.15, -0.1) is 0 Å². The minimum Gasteiger partial charge on any atom is -0.508 e. The van der Waals surface area contributed by atoms with Gasteiger partial charge in [0.1, 0.15) is 17.3 Å². The molecule has 0 saturated carbocycles. The number of carbonyl (C=O) groups is 2. The number of ketones is 2. The molecule has 1 unspecified atom stereocenters. The van der Waals surface area contributed by atoms with Crippen molar-refractivity contribution in [1.82, 2.24) is 5.32 Å². The second-order valence-corrected chi connectivity index (χ2v) is 7.19. The van der Waals surface area contributed by atoms with Gasteiger partial charge in [0.2, 0.25) is 0 Å². The molecule has 0 bridgehead atoms. The van der Waals surface area contributed by atoms with Gasteiger partial charge in [-0.1, -0.05) is 32.9 Å². The van der Waals surface area contributed by atoms with Crippen LogP contribution in [0.25, 0.3) is 0 Å². The van der Waals surface area contributed by atoms with Gasteiger partial charge in [0.25, 0.3) is 0 Å². The minimum absolute atomic E-state index is 0.0855. The number of phenols is 1. The van der Waals surface area contributed by atoms with Gasteiger partial charge in [-0.05, 0) is 44.9 Å². The topological polar surface area (TPSA) is 66.4 Å². The largest absolute Gasteiger partial charge is 0.508 e. The Bertz CT molecular complexity index is 558. The fourth-order valence-electron chi connectivity index (χ4n) is 2.42. The normalized spacial score (nSPS) is 13.7. The molecule has 0 spiro atoms. The summed E-state index contributed by atoms with van der Waals surface area (Å²) < 4.78 is 0. The maximum absolute atomic E-state index is 12.4. The summed E-state index contributed by atoms with van der Waals surface area (Å²) in [5.41, 5.74) is -0.141. The van der Waals surface area contributed by atoms with Crippen molar-refractivity contribution in [3.63, 3.8) is 0 Å². The Morgan fingerprint density at radius 1 is 1.13 bits per heavy atom. The fraction of sp³-hybridized carbons (Fsp3) is 0.579. The van der Waals surface area contributed by atoms with Crippen LogP contribution in [0, 0.1) is 5.41 Å². The summed E-state index contributed by atoms with van der Waals surface area (Å²) in [7, 11) is 0. The zero-order valence-corrected chi connectivity index (χ0v) is 15.1. The number of hydrogen-bond donors (Lipinski definition) is 2. The average Bonchev–Trinajstić information content (AvgIpc) is 2.47. The predicted molar refractivity (Wildman–Crippen MR) is 92.6 cm³/mol. The molecule has 1 rings (SSSR count). The van der Waals surface area contributed by atoms with Crippen LogP contribution in [0.5, 0.6) is 5.75 Å². The first kappa shape index (κ1) is 19.4. The van der Waals surface area contributed by atoms with Gasteiger partial charge in [-0.2, -0.15) is 0 Å². The molecule has 4 nitrogen and oxygen atoms in total. The van der Waals surface area contributed by atoms with Crippen molar-refractivity contribution in [2.24, 2.45) is 5.41 Å². The highest BCUT2D eigenvalue weighted by atomic mass is 16.3. The van der Waals surface area contributed by atoms with E-state index < -0.39 is 11.0 Å². The van der Waals surface area contributed by atoms with E-state index in [4.69, 9.17) is 0 Å². The van der Waals surface area contributed by atoms with Crippen LogP contribution in [-0.2, 0) is 16.0 Å². The van der Waals surface area contributed by atoms with E-state index in [-0.39, 0.29) is 23.4 Å². The molecular formula is C19H29NO3. The number of aromatic hydroxyl groups is 1. The summed E-state index contributed by atoms with van der Waals surface area (Å²) in [5, 5.41) is 12.8. The smallest absolute Gasteiger partial charge is 0.149 e. The summed E-state index contributed by atoms with van der Waals surface area (Å²) in [4.78, 5) is 24.3. The third-order valence-electron chi connectivity index (χ3n) is 5.09. The van der Waals surface area contributed by atoms with Crippen LogP contribution in [-0.4, -0.2) is 28.3 Å². The lowest BCUT2D eigenvalue weighted by Gasteiger charge is -2.43. The van der Waals surface area contributed by atoms with Crippen molar-refractivity contribution in [2.75, 3.05) is 0 Å². The van der Waals surface area contributed by atoms with Gasteiger partial charge in [0.05, 0.1) is 6.04 Å². The van der Waals surface area contributed by atoms with Crippen molar-refractivity contribution >= 4 is 11.6 Å². The summed E-state index contributed by atoms with van der Waals surface area (Å²) in [6, 6.07) is 6.51. The Hall–Kier alpha value is -1.68. The first-order chi connectivity index (χ1) is 10.5. The van der Waals surface area contributed by atoms with Crippen LogP contribution in [0.2, 0.25) is 0 Å². The second-order valence-electron chi connectivity index (χ2n) is 7.19. The number of benzene rings is 1. The lowest BCUT2D eigenvalue weighted by Crippen LogP contribution is -2.59. The second kappa shape index (κ2) is 7.26. The van der Waals surface area contributed by atoms with E-state index in [9.17, 15) is 14.7 Å². The summed E-state index contributed by atoms with van der Waals surface area (Å²) in [5.74, 6) is 0.408. The fourth-order valence-corrected chi connectivity index (χ4v) is 2.42. The zero-order chi connectivity index (χ0) is 17.8. The lowest BCUT2D eigenvalue weighted by molar-refractivity contribution is -0.130. The molecule has 128 valence electrons. The van der Waals surface area contributed by atoms with Crippen LogP contribution >= 0.6 is 0 Å². The summed E-state index contributed by atoms with van der Waals surface area (Å²) in [6.45, 7) is 11.1. The van der Waals surface area contributed by atoms with E-state index in [1.54, 1.807) is 19.1 Å². The molecule has 0 aliphatic rings. The summed E-state index contributed by atoms with van der Waals surface area (Å²) in [6.07, 6.45) is 0.969. The third-order valence-corrected chi connectivity index (χ3v) is 5.09. The Kier molecular flexibility index (Phi) is 6.11. The molecule has 0 radical (unpaired) electrons. The first-order valence-electron chi connectivity index (χ1n) is 8.10. The average molecular weight is 319 g/mol. The summed E-state index contributed by atoms with van der Waals surface area (Å²) >= 11 is 0. The van der Waals surface area contributed by atoms with Gasteiger partial charge in [-0.3, -0.25) is 9.59 Å². The van der Waals surface area contributed by atoms with Crippen molar-refractivity contribution in [2.45, 2.75) is 66.0 Å². The molecule has 1 aromatic carbocycles. The van der Waals surface area contributed by atoms with E-state index in [0.29, 0.717) is 12.8 Å². The molecule has 2 N–H and O–H groups in total. The van der Waals surface area contributed by atoms with Crippen LogP contribution < -0.4 is 5.32 Å². The Morgan fingerprint density at radius 3 is 2.09 bits per heavy atom. The molecular weight excluding hydrogens is 290 g/mol. The number of nitrogens with one attached hydrogen (secondary N) is 1. The highest BCUT2D eigenvalue weighted by molar-refractivity contribution is 5.85. The van der Waals surface area contributed by atoms with E-state index in [2.05, 4.69) is 5.32 Å². The molecule has 1 atom stereocenters. The number of hydrogen-bond acceptors (Lipinski definition) is 4. The first-order valence-corrected chi connectivity index (χ1v) is 8.10. The number of Topliss-reactive ketones (excluding diaryl/α,β-unsaturated/α-hetero) is 2. The molecule has 4 heteroatoms. The molecule has 1 aromatic rings. The van der Waals surface area contributed by atoms with Crippen molar-refractivity contribution in [3.05, 3.63) is 29.8 Å². The molecule has 0 heterocycles. The van der Waals surface area contributed by atoms with Gasteiger partial charge >= 0.3 is 0 Å². The standard InChI is InChI=1S/C19H29NO3/c1-7-17(23)16(12-14-8-10-15(22)11-9-14)20-19(5,6)18(3,4)13(2)21/h8-11,16,20,22H,7,12H2,1-6H3. The monoisotopic (exact) mass is 319 g/mol. The maximum atomic E-state index is 12.4. The van der Waals surface area contributed by atoms with Crippen molar-refractivity contribution in [3.8, 4) is 5.75 Å². The predicted octanol–water partition coefficient (Wildman–Crippen LogP) is 3.27. The molecule has 0 saturated heterocycles. The van der Waals surface area contributed by atoms with Gasteiger partial charge in [0, 0.05) is 17.4 Å². The number of phenolic OH excluding ortho intramolecular Hbond substituents is 1. The van der Waals surface area contributed by atoms with Crippen molar-refractivity contribution < 1.29 is 14.7 Å². The number of carbonyl (C=O) groups excluding carboxylic acids is 2. The Morgan fingerprint density at radius 2 is 1.65 bits per heavy atom.